The molecule has 14 rings (SSSR count). The van der Waals surface area contributed by atoms with E-state index in [0.29, 0.717) is 0 Å². The van der Waals surface area contributed by atoms with Crippen LogP contribution in [-0.2, 0) is 5.41 Å². The van der Waals surface area contributed by atoms with Gasteiger partial charge in [0.2, 0.25) is 0 Å². The maximum atomic E-state index is 6.55. The van der Waals surface area contributed by atoms with Crippen molar-refractivity contribution in [2.75, 3.05) is 4.90 Å². The molecule has 0 fully saturated rings. The van der Waals surface area contributed by atoms with Crippen molar-refractivity contribution in [2.45, 2.75) is 5.41 Å². The van der Waals surface area contributed by atoms with Crippen molar-refractivity contribution < 1.29 is 4.42 Å². The summed E-state index contributed by atoms with van der Waals surface area (Å²) in [7, 11) is 0. The van der Waals surface area contributed by atoms with Crippen LogP contribution in [0.2, 0.25) is 0 Å². The van der Waals surface area contributed by atoms with E-state index in [9.17, 15) is 0 Å². The number of hydrogen-bond donors (Lipinski definition) is 0. The first-order chi connectivity index (χ1) is 34.7. The highest BCUT2D eigenvalue weighted by atomic mass is 16.3. The van der Waals surface area contributed by atoms with Crippen LogP contribution in [0.4, 0.5) is 17.1 Å². The second kappa shape index (κ2) is 16.0. The van der Waals surface area contributed by atoms with Gasteiger partial charge in [-0.05, 0) is 128 Å². The molecule has 0 amide bonds. The summed E-state index contributed by atoms with van der Waals surface area (Å²) in [5.74, 6) is 0. The van der Waals surface area contributed by atoms with Gasteiger partial charge in [-0.3, -0.25) is 0 Å². The second-order valence-corrected chi connectivity index (χ2v) is 18.4. The van der Waals surface area contributed by atoms with Crippen molar-refractivity contribution in [2.24, 2.45) is 0 Å². The highest BCUT2D eigenvalue weighted by Gasteiger charge is 2.46. The fourth-order valence-electron chi connectivity index (χ4n) is 11.6. The van der Waals surface area contributed by atoms with E-state index >= 15 is 0 Å². The summed E-state index contributed by atoms with van der Waals surface area (Å²) in [6, 6.07) is 97.3. The van der Waals surface area contributed by atoms with E-state index in [1.165, 1.54) is 71.9 Å². The average Bonchev–Trinajstić information content (AvgIpc) is 4.08. The zero-order chi connectivity index (χ0) is 46.2. The van der Waals surface area contributed by atoms with Crippen LogP contribution in [0.15, 0.2) is 271 Å². The Morgan fingerprint density at radius 1 is 0.343 bits per heavy atom. The van der Waals surface area contributed by atoms with E-state index < -0.39 is 5.41 Å². The molecule has 328 valence electrons. The normalized spacial score (nSPS) is 12.7. The lowest BCUT2D eigenvalue weighted by Gasteiger charge is -2.35. The number of para-hydroxylation sites is 2. The molecule has 0 atom stereocenters. The van der Waals surface area contributed by atoms with E-state index in [-0.39, 0.29) is 0 Å². The largest absolute Gasteiger partial charge is 0.456 e. The molecule has 3 heteroatoms. The zero-order valence-corrected chi connectivity index (χ0v) is 38.2. The van der Waals surface area contributed by atoms with Gasteiger partial charge in [0, 0.05) is 33.2 Å². The number of furan rings is 1. The highest BCUT2D eigenvalue weighted by molar-refractivity contribution is 6.14. The van der Waals surface area contributed by atoms with E-state index in [1.54, 1.807) is 0 Å². The Balaban J connectivity index is 0.928. The lowest BCUT2D eigenvalue weighted by Crippen LogP contribution is -2.28. The van der Waals surface area contributed by atoms with E-state index in [4.69, 9.17) is 4.42 Å². The highest BCUT2D eigenvalue weighted by Crippen LogP contribution is 2.57. The molecule has 1 aliphatic carbocycles. The summed E-state index contributed by atoms with van der Waals surface area (Å²) in [5.41, 5.74) is 20.2. The number of nitrogens with zero attached hydrogens (tertiary/aromatic N) is 2. The van der Waals surface area contributed by atoms with Gasteiger partial charge in [-0.1, -0.05) is 194 Å². The third-order valence-corrected chi connectivity index (χ3v) is 14.7. The van der Waals surface area contributed by atoms with Gasteiger partial charge in [-0.15, -0.1) is 0 Å². The van der Waals surface area contributed by atoms with Crippen LogP contribution < -0.4 is 4.90 Å². The van der Waals surface area contributed by atoms with Crippen molar-refractivity contribution in [1.82, 2.24) is 4.57 Å². The Bertz CT molecular complexity index is 4050. The van der Waals surface area contributed by atoms with E-state index in [0.717, 1.165) is 50.3 Å². The molecule has 2 aromatic heterocycles. The average molecular weight is 893 g/mol. The zero-order valence-electron chi connectivity index (χ0n) is 38.2. The van der Waals surface area contributed by atoms with Crippen molar-refractivity contribution >= 4 is 60.8 Å². The molecule has 11 aromatic carbocycles. The summed E-state index contributed by atoms with van der Waals surface area (Å²) in [6.45, 7) is 0. The molecule has 13 aromatic rings. The first-order valence-corrected chi connectivity index (χ1v) is 24.1. The first kappa shape index (κ1) is 39.9. The predicted octanol–water partition coefficient (Wildman–Crippen LogP) is 17.8. The summed E-state index contributed by atoms with van der Waals surface area (Å²) in [5, 5.41) is 4.63. The fraction of sp³-hybridized carbons (Fsp3) is 0.0149. The standard InChI is InChI=1S/C67H44N2O/c1-4-17-45(18-5-1)46-31-38-52(39-32-46)69-61-27-14-11-24-56(61)58-43-48(35-42-62(58)69)47-33-36-51(37-34-47)68(63-28-16-30-65-66(63)57-25-12-15-29-64(57)70-65)53-40-41-55-54-23-10-13-26-59(54)67(60(55)44-53,49-19-6-2-7-20-49)50-21-8-3-9-22-50/h1-44H. The molecule has 0 unspecified atom stereocenters. The molecule has 0 saturated carbocycles. The molecule has 70 heavy (non-hydrogen) atoms. The van der Waals surface area contributed by atoms with Crippen LogP contribution in [-0.4, -0.2) is 4.57 Å². The number of fused-ring (bicyclic) bond motifs is 9. The minimum absolute atomic E-state index is 0.540. The van der Waals surface area contributed by atoms with Crippen LogP contribution >= 0.6 is 0 Å². The van der Waals surface area contributed by atoms with Crippen molar-refractivity contribution in [1.29, 1.82) is 0 Å². The Hall–Kier alpha value is -9.18. The van der Waals surface area contributed by atoms with Gasteiger partial charge in [0.05, 0.1) is 27.5 Å². The number of benzene rings is 11. The smallest absolute Gasteiger partial charge is 0.137 e. The first-order valence-electron chi connectivity index (χ1n) is 24.1. The molecule has 3 nitrogen and oxygen atoms in total. The van der Waals surface area contributed by atoms with Gasteiger partial charge in [0.25, 0.3) is 0 Å². The van der Waals surface area contributed by atoms with Gasteiger partial charge in [0.15, 0.2) is 0 Å². The maximum absolute atomic E-state index is 6.55. The lowest BCUT2D eigenvalue weighted by molar-refractivity contribution is 0.669. The van der Waals surface area contributed by atoms with Gasteiger partial charge >= 0.3 is 0 Å². The molecule has 0 bridgehead atoms. The molecule has 0 spiro atoms. The van der Waals surface area contributed by atoms with Crippen molar-refractivity contribution in [3.63, 3.8) is 0 Å². The maximum Gasteiger partial charge on any atom is 0.137 e. The molecule has 1 aliphatic rings. The minimum Gasteiger partial charge on any atom is -0.456 e. The van der Waals surface area contributed by atoms with Gasteiger partial charge in [-0.25, -0.2) is 0 Å². The summed E-state index contributed by atoms with van der Waals surface area (Å²) >= 11 is 0. The molecule has 0 aliphatic heterocycles. The molecule has 0 N–H and O–H groups in total. The van der Waals surface area contributed by atoms with E-state index in [1.807, 2.05) is 6.07 Å². The van der Waals surface area contributed by atoms with Crippen LogP contribution in [0, 0.1) is 0 Å². The monoisotopic (exact) mass is 892 g/mol. The van der Waals surface area contributed by atoms with Crippen molar-refractivity contribution in [3.8, 4) is 39.1 Å². The second-order valence-electron chi connectivity index (χ2n) is 18.4. The minimum atomic E-state index is -0.540. The number of hydrogen-bond acceptors (Lipinski definition) is 2. The Labute approximate surface area is 406 Å². The Morgan fingerprint density at radius 3 is 1.67 bits per heavy atom. The molecule has 2 heterocycles. The quantitative estimate of drug-likeness (QED) is 0.152. The van der Waals surface area contributed by atoms with Crippen LogP contribution in [0.3, 0.4) is 0 Å². The van der Waals surface area contributed by atoms with Crippen LogP contribution in [0.25, 0.3) is 82.8 Å². The molecule has 0 saturated heterocycles. The number of aromatic nitrogens is 1. The van der Waals surface area contributed by atoms with Crippen LogP contribution in [0.5, 0.6) is 0 Å². The van der Waals surface area contributed by atoms with Crippen molar-refractivity contribution in [3.05, 3.63) is 289 Å². The summed E-state index contributed by atoms with van der Waals surface area (Å²) in [6.07, 6.45) is 0. The van der Waals surface area contributed by atoms with Gasteiger partial charge in [0.1, 0.15) is 11.2 Å². The lowest BCUT2D eigenvalue weighted by atomic mass is 9.67. The third kappa shape index (κ3) is 6.08. The molecular weight excluding hydrogens is 849 g/mol. The predicted molar refractivity (Wildman–Crippen MR) is 291 cm³/mol. The van der Waals surface area contributed by atoms with Crippen LogP contribution in [0.1, 0.15) is 22.3 Å². The van der Waals surface area contributed by atoms with Gasteiger partial charge in [-0.2, -0.15) is 0 Å². The summed E-state index contributed by atoms with van der Waals surface area (Å²) < 4.78 is 8.94. The van der Waals surface area contributed by atoms with Gasteiger partial charge < -0.3 is 13.9 Å². The third-order valence-electron chi connectivity index (χ3n) is 14.7. The fourth-order valence-corrected chi connectivity index (χ4v) is 11.6. The van der Waals surface area contributed by atoms with E-state index in [2.05, 4.69) is 270 Å². The number of rotatable bonds is 8. The summed E-state index contributed by atoms with van der Waals surface area (Å²) in [4.78, 5) is 2.43. The SMILES string of the molecule is c1ccc(-c2ccc(-n3c4ccccc4c4cc(-c5ccc(N(c6ccc7c(c6)C(c6ccccc6)(c6ccccc6)c6ccccc6-7)c6cccc7oc8ccccc8c67)cc5)ccc43)cc2)cc1. The molecular formula is C67H44N2O. The Kier molecular flexibility index (Phi) is 9.11. The Morgan fingerprint density at radius 2 is 0.900 bits per heavy atom. The molecule has 0 radical (unpaired) electrons. The topological polar surface area (TPSA) is 21.3 Å². The number of anilines is 3.